The summed E-state index contributed by atoms with van der Waals surface area (Å²) in [7, 11) is 0. The van der Waals surface area contributed by atoms with E-state index in [-0.39, 0.29) is 0 Å². The molecule has 0 aliphatic rings. The highest BCUT2D eigenvalue weighted by Crippen LogP contribution is 2.13. The zero-order valence-electron chi connectivity index (χ0n) is 10.1. The van der Waals surface area contributed by atoms with Crippen molar-refractivity contribution in [1.82, 2.24) is 14.8 Å². The number of hydrogen-bond acceptors (Lipinski definition) is 2. The van der Waals surface area contributed by atoms with Crippen molar-refractivity contribution < 1.29 is 0 Å². The molecule has 90 valence electrons. The zero-order valence-corrected chi connectivity index (χ0v) is 10.9. The van der Waals surface area contributed by atoms with Crippen molar-refractivity contribution in [3.8, 4) is 0 Å². The Morgan fingerprint density at radius 3 is 2.59 bits per heavy atom. The van der Waals surface area contributed by atoms with Gasteiger partial charge in [0.25, 0.3) is 0 Å². The highest BCUT2D eigenvalue weighted by atomic mass is 35.5. The molecule has 0 fully saturated rings. The summed E-state index contributed by atoms with van der Waals surface area (Å²) in [5, 5.41) is 8.90. The van der Waals surface area contributed by atoms with Crippen LogP contribution in [-0.2, 0) is 13.0 Å². The molecule has 1 heterocycles. The van der Waals surface area contributed by atoms with Gasteiger partial charge >= 0.3 is 0 Å². The van der Waals surface area contributed by atoms with Gasteiger partial charge in [-0.1, -0.05) is 37.6 Å². The molecule has 0 aliphatic heterocycles. The Morgan fingerprint density at radius 2 is 1.94 bits per heavy atom. The predicted octanol–water partition coefficient (Wildman–Crippen LogP) is 3.18. The van der Waals surface area contributed by atoms with E-state index in [4.69, 9.17) is 11.6 Å². The Hall–Kier alpha value is -1.35. The van der Waals surface area contributed by atoms with Crippen LogP contribution < -0.4 is 0 Å². The second kappa shape index (κ2) is 5.32. The second-order valence-corrected chi connectivity index (χ2v) is 5.03. The van der Waals surface area contributed by atoms with E-state index in [0.717, 1.165) is 23.8 Å². The van der Waals surface area contributed by atoms with Gasteiger partial charge in [0.15, 0.2) is 0 Å². The number of halogens is 1. The van der Waals surface area contributed by atoms with Crippen molar-refractivity contribution in [2.24, 2.45) is 5.92 Å². The summed E-state index contributed by atoms with van der Waals surface area (Å²) in [5.41, 5.74) is 1.20. The van der Waals surface area contributed by atoms with E-state index >= 15 is 0 Å². The molecule has 0 spiro atoms. The first-order valence-corrected chi connectivity index (χ1v) is 6.14. The van der Waals surface area contributed by atoms with Crippen LogP contribution in [0.3, 0.4) is 0 Å². The molecule has 1 aromatic carbocycles. The van der Waals surface area contributed by atoms with Crippen LogP contribution in [-0.4, -0.2) is 14.8 Å². The van der Waals surface area contributed by atoms with E-state index in [2.05, 4.69) is 28.6 Å². The number of aromatic nitrogens is 3. The maximum atomic E-state index is 5.86. The van der Waals surface area contributed by atoms with Gasteiger partial charge < -0.3 is 4.57 Å². The van der Waals surface area contributed by atoms with E-state index < -0.39 is 0 Å². The summed E-state index contributed by atoms with van der Waals surface area (Å²) in [4.78, 5) is 0. The fourth-order valence-corrected chi connectivity index (χ4v) is 1.87. The Morgan fingerprint density at radius 1 is 1.24 bits per heavy atom. The zero-order chi connectivity index (χ0) is 12.3. The minimum absolute atomic E-state index is 0.593. The van der Waals surface area contributed by atoms with Crippen LogP contribution in [0.4, 0.5) is 0 Å². The third-order valence-corrected chi connectivity index (χ3v) is 2.79. The fourth-order valence-electron chi connectivity index (χ4n) is 1.75. The van der Waals surface area contributed by atoms with Gasteiger partial charge in [0.05, 0.1) is 0 Å². The SMILES string of the molecule is CC(C)Cn1cnnc1Cc1ccc(Cl)cc1. The van der Waals surface area contributed by atoms with E-state index in [1.807, 2.05) is 24.3 Å². The summed E-state index contributed by atoms with van der Waals surface area (Å²) in [6.07, 6.45) is 2.59. The van der Waals surface area contributed by atoms with Crippen LogP contribution in [0.25, 0.3) is 0 Å². The van der Waals surface area contributed by atoms with Crippen LogP contribution in [0.15, 0.2) is 30.6 Å². The Labute approximate surface area is 106 Å². The first-order valence-electron chi connectivity index (χ1n) is 5.76. The highest BCUT2D eigenvalue weighted by Gasteiger charge is 2.06. The van der Waals surface area contributed by atoms with Crippen LogP contribution in [0.2, 0.25) is 5.02 Å². The standard InChI is InChI=1S/C13H16ClN3/c1-10(2)8-17-9-15-16-13(17)7-11-3-5-12(14)6-4-11/h3-6,9-10H,7-8H2,1-2H3. The molecule has 0 atom stereocenters. The minimum atomic E-state index is 0.593. The van der Waals surface area contributed by atoms with Crippen molar-refractivity contribution >= 4 is 11.6 Å². The molecular formula is C13H16ClN3. The van der Waals surface area contributed by atoms with Crippen LogP contribution in [0.1, 0.15) is 25.2 Å². The summed E-state index contributed by atoms with van der Waals surface area (Å²) < 4.78 is 2.11. The predicted molar refractivity (Wildman–Crippen MR) is 69.1 cm³/mol. The molecule has 3 nitrogen and oxygen atoms in total. The molecule has 4 heteroatoms. The molecule has 1 aromatic heterocycles. The molecule has 0 bridgehead atoms. The van der Waals surface area contributed by atoms with E-state index in [0.29, 0.717) is 5.92 Å². The van der Waals surface area contributed by atoms with Gasteiger partial charge in [-0.15, -0.1) is 10.2 Å². The van der Waals surface area contributed by atoms with Gasteiger partial charge in [0.2, 0.25) is 0 Å². The van der Waals surface area contributed by atoms with Gasteiger partial charge in [-0.3, -0.25) is 0 Å². The molecule has 0 radical (unpaired) electrons. The summed E-state index contributed by atoms with van der Waals surface area (Å²) in [6, 6.07) is 7.85. The van der Waals surface area contributed by atoms with E-state index in [1.54, 1.807) is 6.33 Å². The van der Waals surface area contributed by atoms with Crippen LogP contribution in [0.5, 0.6) is 0 Å². The van der Waals surface area contributed by atoms with Gasteiger partial charge in [0.1, 0.15) is 12.2 Å². The smallest absolute Gasteiger partial charge is 0.137 e. The number of benzene rings is 1. The van der Waals surface area contributed by atoms with Crippen molar-refractivity contribution in [1.29, 1.82) is 0 Å². The first-order chi connectivity index (χ1) is 8.15. The first kappa shape index (κ1) is 12.1. The van der Waals surface area contributed by atoms with Crippen molar-refractivity contribution in [2.75, 3.05) is 0 Å². The lowest BCUT2D eigenvalue weighted by atomic mass is 10.1. The normalized spacial score (nSPS) is 11.1. The number of hydrogen-bond donors (Lipinski definition) is 0. The van der Waals surface area contributed by atoms with Crippen molar-refractivity contribution in [2.45, 2.75) is 26.8 Å². The van der Waals surface area contributed by atoms with Gasteiger partial charge in [-0.05, 0) is 23.6 Å². The Balaban J connectivity index is 2.13. The van der Waals surface area contributed by atoms with Crippen LogP contribution >= 0.6 is 11.6 Å². The molecule has 2 aromatic rings. The molecule has 0 unspecified atom stereocenters. The van der Waals surface area contributed by atoms with Crippen molar-refractivity contribution in [3.05, 3.63) is 47.0 Å². The van der Waals surface area contributed by atoms with Crippen LogP contribution in [0, 0.1) is 5.92 Å². The molecule has 0 saturated carbocycles. The molecule has 0 aliphatic carbocycles. The largest absolute Gasteiger partial charge is 0.317 e. The van der Waals surface area contributed by atoms with Gasteiger partial charge in [0, 0.05) is 18.0 Å². The molecule has 0 N–H and O–H groups in total. The molecular weight excluding hydrogens is 234 g/mol. The lowest BCUT2D eigenvalue weighted by Crippen LogP contribution is -2.08. The van der Waals surface area contributed by atoms with Gasteiger partial charge in [-0.2, -0.15) is 0 Å². The average molecular weight is 250 g/mol. The average Bonchev–Trinajstić information content (AvgIpc) is 2.68. The third-order valence-electron chi connectivity index (χ3n) is 2.53. The third kappa shape index (κ3) is 3.30. The fraction of sp³-hybridized carbons (Fsp3) is 0.385. The minimum Gasteiger partial charge on any atom is -0.317 e. The lowest BCUT2D eigenvalue weighted by molar-refractivity contribution is 0.509. The molecule has 0 saturated heterocycles. The summed E-state index contributed by atoms with van der Waals surface area (Å²) >= 11 is 5.86. The Kier molecular flexibility index (Phi) is 3.79. The summed E-state index contributed by atoms with van der Waals surface area (Å²) in [6.45, 7) is 5.33. The maximum Gasteiger partial charge on any atom is 0.137 e. The van der Waals surface area contributed by atoms with Gasteiger partial charge in [-0.25, -0.2) is 0 Å². The van der Waals surface area contributed by atoms with E-state index in [9.17, 15) is 0 Å². The molecule has 0 amide bonds. The number of nitrogens with zero attached hydrogens (tertiary/aromatic N) is 3. The molecule has 17 heavy (non-hydrogen) atoms. The Bertz CT molecular complexity index is 474. The highest BCUT2D eigenvalue weighted by molar-refractivity contribution is 6.30. The van der Waals surface area contributed by atoms with Crippen molar-refractivity contribution in [3.63, 3.8) is 0 Å². The molecule has 2 rings (SSSR count). The maximum absolute atomic E-state index is 5.86. The topological polar surface area (TPSA) is 30.7 Å². The quantitative estimate of drug-likeness (QED) is 0.833. The number of rotatable bonds is 4. The van der Waals surface area contributed by atoms with E-state index in [1.165, 1.54) is 5.56 Å². The monoisotopic (exact) mass is 249 g/mol. The summed E-state index contributed by atoms with van der Waals surface area (Å²) in [5.74, 6) is 1.59. The lowest BCUT2D eigenvalue weighted by Gasteiger charge is -2.09. The second-order valence-electron chi connectivity index (χ2n) is 4.60.